The van der Waals surface area contributed by atoms with Crippen LogP contribution in [0.1, 0.15) is 36.2 Å². The number of aromatic amines is 1. The van der Waals surface area contributed by atoms with Crippen LogP contribution in [0.4, 0.5) is 11.6 Å². The lowest BCUT2D eigenvalue weighted by Crippen LogP contribution is -2.36. The molecule has 0 radical (unpaired) electrons. The zero-order chi connectivity index (χ0) is 22.9. The van der Waals surface area contributed by atoms with Gasteiger partial charge in [-0.1, -0.05) is 17.7 Å². The Hall–Kier alpha value is -4.00. The predicted octanol–water partition coefficient (Wildman–Crippen LogP) is 5.34. The van der Waals surface area contributed by atoms with Gasteiger partial charge in [-0.3, -0.25) is 9.78 Å². The second kappa shape index (κ2) is 8.74. The van der Waals surface area contributed by atoms with Gasteiger partial charge in [0.25, 0.3) is 5.91 Å². The van der Waals surface area contributed by atoms with Gasteiger partial charge in [0, 0.05) is 42.1 Å². The number of benzene rings is 1. The van der Waals surface area contributed by atoms with Crippen LogP contribution in [0.25, 0.3) is 22.3 Å². The smallest absolute Gasteiger partial charge is 0.270 e. The summed E-state index contributed by atoms with van der Waals surface area (Å²) in [6, 6.07) is 15.4. The molecule has 0 unspecified atom stereocenters. The lowest BCUT2D eigenvalue weighted by atomic mass is 10.0. The van der Waals surface area contributed by atoms with Crippen LogP contribution in [0.2, 0.25) is 0 Å². The third-order valence-corrected chi connectivity index (χ3v) is 6.48. The van der Waals surface area contributed by atoms with Crippen LogP contribution < -0.4 is 5.32 Å². The zero-order valence-corrected chi connectivity index (χ0v) is 18.9. The fourth-order valence-electron chi connectivity index (χ4n) is 4.46. The SMILES string of the molecule is O=C(c1cc2cc(Nc3nccc(-c4ccccn4)n3)ccc2[nH]1)N1CCC(=CC2CC2)CC1. The summed E-state index contributed by atoms with van der Waals surface area (Å²) in [5.41, 5.74) is 5.50. The Morgan fingerprint density at radius 1 is 1.00 bits per heavy atom. The monoisotopic (exact) mass is 450 g/mol. The first-order valence-corrected chi connectivity index (χ1v) is 11.8. The van der Waals surface area contributed by atoms with Gasteiger partial charge in [-0.25, -0.2) is 9.97 Å². The maximum atomic E-state index is 13.1. The second-order valence-electron chi connectivity index (χ2n) is 9.05. The number of hydrogen-bond donors (Lipinski definition) is 2. The van der Waals surface area contributed by atoms with Crippen molar-refractivity contribution >= 4 is 28.4 Å². The predicted molar refractivity (Wildman–Crippen MR) is 133 cm³/mol. The standard InChI is InChI=1S/C27H26N6O/c34-26(33-13-9-19(10-14-33)15-18-4-5-18)25-17-20-16-21(6-7-22(20)31-25)30-27-29-12-8-24(32-27)23-3-1-2-11-28-23/h1-3,6-8,11-12,15-18,31H,4-5,9-10,13-14H2,(H,29,30,32). The second-order valence-corrected chi connectivity index (χ2v) is 9.05. The van der Waals surface area contributed by atoms with Crippen molar-refractivity contribution < 1.29 is 4.79 Å². The van der Waals surface area contributed by atoms with Crippen LogP contribution in [-0.4, -0.2) is 43.8 Å². The molecule has 170 valence electrons. The molecule has 3 aromatic heterocycles. The summed E-state index contributed by atoms with van der Waals surface area (Å²) in [6.07, 6.45) is 10.6. The van der Waals surface area contributed by atoms with Crippen molar-refractivity contribution in [1.29, 1.82) is 0 Å². The van der Waals surface area contributed by atoms with Crippen LogP contribution in [0.5, 0.6) is 0 Å². The summed E-state index contributed by atoms with van der Waals surface area (Å²) in [7, 11) is 0. The summed E-state index contributed by atoms with van der Waals surface area (Å²) in [5, 5.41) is 4.24. The fourth-order valence-corrected chi connectivity index (χ4v) is 4.46. The van der Waals surface area contributed by atoms with Crippen LogP contribution in [0, 0.1) is 5.92 Å². The molecule has 7 heteroatoms. The molecule has 4 aromatic rings. The Bertz CT molecular complexity index is 1360. The van der Waals surface area contributed by atoms with Crippen molar-refractivity contribution in [2.75, 3.05) is 18.4 Å². The minimum atomic E-state index is 0.0718. The molecule has 34 heavy (non-hydrogen) atoms. The number of H-pyrrole nitrogens is 1. The van der Waals surface area contributed by atoms with E-state index in [1.54, 1.807) is 12.4 Å². The zero-order valence-electron chi connectivity index (χ0n) is 18.9. The van der Waals surface area contributed by atoms with Crippen LogP contribution in [0.15, 0.2) is 72.6 Å². The number of piperidine rings is 1. The highest BCUT2D eigenvalue weighted by Crippen LogP contribution is 2.33. The van der Waals surface area contributed by atoms with Gasteiger partial charge in [0.1, 0.15) is 5.69 Å². The number of likely N-dealkylation sites (tertiary alicyclic amines) is 1. The van der Waals surface area contributed by atoms with E-state index in [0.29, 0.717) is 11.6 Å². The van der Waals surface area contributed by atoms with E-state index in [9.17, 15) is 4.79 Å². The van der Waals surface area contributed by atoms with Crippen molar-refractivity contribution in [2.24, 2.45) is 5.92 Å². The maximum absolute atomic E-state index is 13.1. The molecule has 4 heterocycles. The molecular formula is C27H26N6O. The van der Waals surface area contributed by atoms with Crippen LogP contribution >= 0.6 is 0 Å². The van der Waals surface area contributed by atoms with Gasteiger partial charge in [-0.15, -0.1) is 0 Å². The Balaban J connectivity index is 1.17. The van der Waals surface area contributed by atoms with Crippen molar-refractivity contribution in [3.8, 4) is 11.4 Å². The quantitative estimate of drug-likeness (QED) is 0.401. The van der Waals surface area contributed by atoms with E-state index in [1.807, 2.05) is 53.4 Å². The number of hydrogen-bond acceptors (Lipinski definition) is 5. The molecule has 1 saturated heterocycles. The van der Waals surface area contributed by atoms with Crippen molar-refractivity contribution in [2.45, 2.75) is 25.7 Å². The molecular weight excluding hydrogens is 424 g/mol. The van der Waals surface area contributed by atoms with Gasteiger partial charge < -0.3 is 15.2 Å². The number of nitrogens with one attached hydrogen (secondary N) is 2. The molecule has 1 saturated carbocycles. The van der Waals surface area contributed by atoms with Gasteiger partial charge in [-0.05, 0) is 74.1 Å². The molecule has 0 bridgehead atoms. The van der Waals surface area contributed by atoms with E-state index in [0.717, 1.165) is 59.8 Å². The molecule has 2 N–H and O–H groups in total. The minimum absolute atomic E-state index is 0.0718. The summed E-state index contributed by atoms with van der Waals surface area (Å²) >= 11 is 0. The van der Waals surface area contributed by atoms with E-state index >= 15 is 0 Å². The molecule has 6 rings (SSSR count). The topological polar surface area (TPSA) is 86.8 Å². The van der Waals surface area contributed by atoms with Crippen molar-refractivity contribution in [3.05, 3.63) is 78.3 Å². The average molecular weight is 451 g/mol. The molecule has 0 atom stereocenters. The minimum Gasteiger partial charge on any atom is -0.351 e. The van der Waals surface area contributed by atoms with E-state index < -0.39 is 0 Å². The first kappa shape index (κ1) is 20.6. The molecule has 2 aliphatic rings. The summed E-state index contributed by atoms with van der Waals surface area (Å²) in [4.78, 5) is 31.6. The number of rotatable bonds is 5. The largest absolute Gasteiger partial charge is 0.351 e. The van der Waals surface area contributed by atoms with Crippen molar-refractivity contribution in [3.63, 3.8) is 0 Å². The molecule has 0 spiro atoms. The first-order valence-electron chi connectivity index (χ1n) is 11.8. The Kier molecular flexibility index (Phi) is 5.30. The maximum Gasteiger partial charge on any atom is 0.270 e. The highest BCUT2D eigenvalue weighted by atomic mass is 16.2. The van der Waals surface area contributed by atoms with Gasteiger partial charge >= 0.3 is 0 Å². The van der Waals surface area contributed by atoms with Gasteiger partial charge in [0.05, 0.1) is 11.4 Å². The summed E-state index contributed by atoms with van der Waals surface area (Å²) in [5.74, 6) is 1.37. The normalized spacial score (nSPS) is 16.0. The van der Waals surface area contributed by atoms with E-state index in [-0.39, 0.29) is 5.91 Å². The number of pyridine rings is 1. The molecule has 1 aliphatic heterocycles. The Labute approximate surface area is 198 Å². The number of allylic oxidation sites excluding steroid dienone is 1. The number of carbonyl (C=O) groups excluding carboxylic acids is 1. The fraction of sp³-hybridized carbons (Fsp3) is 0.259. The molecule has 1 amide bonds. The van der Waals surface area contributed by atoms with Gasteiger partial charge in [0.2, 0.25) is 5.95 Å². The lowest BCUT2D eigenvalue weighted by molar-refractivity contribution is 0.0738. The number of nitrogens with zero attached hydrogens (tertiary/aromatic N) is 4. The lowest BCUT2D eigenvalue weighted by Gasteiger charge is -2.28. The first-order chi connectivity index (χ1) is 16.7. The third-order valence-electron chi connectivity index (χ3n) is 6.48. The number of anilines is 2. The highest BCUT2D eigenvalue weighted by molar-refractivity contribution is 5.98. The van der Waals surface area contributed by atoms with Crippen LogP contribution in [-0.2, 0) is 0 Å². The Morgan fingerprint density at radius 3 is 2.68 bits per heavy atom. The number of carbonyl (C=O) groups is 1. The van der Waals surface area contributed by atoms with E-state index in [1.165, 1.54) is 18.4 Å². The van der Waals surface area contributed by atoms with Crippen molar-refractivity contribution in [1.82, 2.24) is 24.8 Å². The summed E-state index contributed by atoms with van der Waals surface area (Å²) in [6.45, 7) is 1.59. The van der Waals surface area contributed by atoms with Crippen LogP contribution in [0.3, 0.4) is 0 Å². The number of aromatic nitrogens is 4. The van der Waals surface area contributed by atoms with E-state index in [2.05, 4.69) is 31.3 Å². The molecule has 7 nitrogen and oxygen atoms in total. The third kappa shape index (κ3) is 4.41. The number of amides is 1. The number of fused-ring (bicyclic) bond motifs is 1. The molecule has 1 aliphatic carbocycles. The molecule has 1 aromatic carbocycles. The van der Waals surface area contributed by atoms with Gasteiger partial charge in [-0.2, -0.15) is 0 Å². The average Bonchev–Trinajstić information content (AvgIpc) is 3.60. The summed E-state index contributed by atoms with van der Waals surface area (Å²) < 4.78 is 0. The van der Waals surface area contributed by atoms with Gasteiger partial charge in [0.15, 0.2) is 0 Å². The highest BCUT2D eigenvalue weighted by Gasteiger charge is 2.24. The van der Waals surface area contributed by atoms with E-state index in [4.69, 9.17) is 0 Å². The molecule has 2 fully saturated rings. The Morgan fingerprint density at radius 2 is 1.88 bits per heavy atom.